The summed E-state index contributed by atoms with van der Waals surface area (Å²) < 4.78 is 6.33. The van der Waals surface area contributed by atoms with Gasteiger partial charge in [-0.3, -0.25) is 0 Å². The fourth-order valence-corrected chi connectivity index (χ4v) is 4.99. The zero-order valence-electron chi connectivity index (χ0n) is 19.7. The van der Waals surface area contributed by atoms with E-state index in [1.165, 1.54) is 31.2 Å². The third-order valence-electron chi connectivity index (χ3n) is 6.51. The number of para-hydroxylation sites is 3. The van der Waals surface area contributed by atoms with Gasteiger partial charge in [-0.2, -0.15) is 5.10 Å². The Bertz CT molecular complexity index is 1220. The molecule has 7 heteroatoms. The fraction of sp³-hybridized carbons (Fsp3) is 0.286. The van der Waals surface area contributed by atoms with Crippen molar-refractivity contribution in [2.24, 2.45) is 5.10 Å². The minimum atomic E-state index is -0.371. The molecule has 2 N–H and O–H groups in total. The Hall–Kier alpha value is -3.51. The molecule has 1 aliphatic carbocycles. The topological polar surface area (TPSA) is 66.0 Å². The summed E-state index contributed by atoms with van der Waals surface area (Å²) in [5.74, 6) is 1.21. The minimum absolute atomic E-state index is 0.323. The van der Waals surface area contributed by atoms with Crippen LogP contribution in [0.25, 0.3) is 0 Å². The van der Waals surface area contributed by atoms with Crippen molar-refractivity contribution >= 4 is 40.4 Å². The first-order valence-electron chi connectivity index (χ1n) is 12.1. The van der Waals surface area contributed by atoms with E-state index in [1.54, 1.807) is 5.01 Å². The van der Waals surface area contributed by atoms with E-state index >= 15 is 0 Å². The van der Waals surface area contributed by atoms with Gasteiger partial charge in [-0.05, 0) is 67.6 Å². The van der Waals surface area contributed by atoms with E-state index in [9.17, 15) is 4.79 Å². The maximum Gasteiger partial charge on any atom is 0.323 e. The number of rotatable bonds is 6. The molecule has 0 saturated heterocycles. The molecule has 0 radical (unpaired) electrons. The van der Waals surface area contributed by atoms with Crippen LogP contribution in [0.5, 0.6) is 5.75 Å². The standard InChI is InChI=1S/C28H29ClN4O2/c1-19-18-27(33(32-19)25-12-6-4-10-23(25)29)35-26-13-7-5-11-24(26)31-28(34)30-22-16-14-21(15-17-22)20-8-2-3-9-20/h4-7,10-17,20,27H,2-3,8-9,18H2,1H3,(H2,30,31,34). The smallest absolute Gasteiger partial charge is 0.323 e. The lowest BCUT2D eigenvalue weighted by atomic mass is 9.98. The van der Waals surface area contributed by atoms with Crippen LogP contribution < -0.4 is 20.4 Å². The minimum Gasteiger partial charge on any atom is -0.466 e. The third kappa shape index (κ3) is 5.43. The number of hydrogen-bond donors (Lipinski definition) is 2. The lowest BCUT2D eigenvalue weighted by Gasteiger charge is -2.26. The maximum absolute atomic E-state index is 12.8. The van der Waals surface area contributed by atoms with Crippen LogP contribution in [0.2, 0.25) is 5.02 Å². The van der Waals surface area contributed by atoms with Crippen molar-refractivity contribution in [3.63, 3.8) is 0 Å². The number of benzene rings is 3. The molecular formula is C28H29ClN4O2. The average molecular weight is 489 g/mol. The second-order valence-electron chi connectivity index (χ2n) is 9.09. The molecule has 6 nitrogen and oxygen atoms in total. The number of ether oxygens (including phenoxy) is 1. The van der Waals surface area contributed by atoms with Crippen molar-refractivity contribution in [2.45, 2.75) is 51.2 Å². The second-order valence-corrected chi connectivity index (χ2v) is 9.49. The van der Waals surface area contributed by atoms with E-state index in [-0.39, 0.29) is 12.3 Å². The summed E-state index contributed by atoms with van der Waals surface area (Å²) in [5.41, 5.74) is 4.41. The van der Waals surface area contributed by atoms with Gasteiger partial charge in [0.1, 0.15) is 5.75 Å². The van der Waals surface area contributed by atoms with E-state index in [2.05, 4.69) is 27.9 Å². The lowest BCUT2D eigenvalue weighted by Crippen LogP contribution is -2.32. The number of hydrogen-bond acceptors (Lipinski definition) is 4. The molecule has 1 atom stereocenters. The van der Waals surface area contributed by atoms with Crippen molar-refractivity contribution in [3.05, 3.63) is 83.4 Å². The van der Waals surface area contributed by atoms with E-state index in [4.69, 9.17) is 16.3 Å². The van der Waals surface area contributed by atoms with Gasteiger partial charge >= 0.3 is 6.03 Å². The van der Waals surface area contributed by atoms with Gasteiger partial charge in [0.2, 0.25) is 0 Å². The Kier molecular flexibility index (Phi) is 6.91. The number of halogens is 1. The van der Waals surface area contributed by atoms with Crippen LogP contribution in [0, 0.1) is 0 Å². The van der Waals surface area contributed by atoms with Crippen molar-refractivity contribution in [2.75, 3.05) is 15.6 Å². The largest absolute Gasteiger partial charge is 0.466 e. The maximum atomic E-state index is 12.8. The Labute approximate surface area is 210 Å². The molecule has 2 aliphatic rings. The van der Waals surface area contributed by atoms with Crippen molar-refractivity contribution < 1.29 is 9.53 Å². The Morgan fingerprint density at radius 2 is 1.69 bits per heavy atom. The van der Waals surface area contributed by atoms with Gasteiger partial charge in [-0.25, -0.2) is 9.80 Å². The molecule has 3 aromatic rings. The van der Waals surface area contributed by atoms with E-state index in [0.29, 0.717) is 28.8 Å². The Balaban J connectivity index is 1.26. The number of nitrogens with one attached hydrogen (secondary N) is 2. The summed E-state index contributed by atoms with van der Waals surface area (Å²) in [6.07, 6.45) is 5.37. The zero-order valence-corrected chi connectivity index (χ0v) is 20.5. The summed E-state index contributed by atoms with van der Waals surface area (Å²) in [7, 11) is 0. The van der Waals surface area contributed by atoms with Gasteiger partial charge in [0, 0.05) is 17.8 Å². The quantitative estimate of drug-likeness (QED) is 0.374. The van der Waals surface area contributed by atoms with Gasteiger partial charge in [-0.1, -0.05) is 60.8 Å². The molecule has 1 unspecified atom stereocenters. The van der Waals surface area contributed by atoms with Crippen LogP contribution in [0.4, 0.5) is 21.9 Å². The molecule has 1 saturated carbocycles. The number of anilines is 3. The normalized spacial score (nSPS) is 17.8. The molecule has 3 aromatic carbocycles. The van der Waals surface area contributed by atoms with Crippen molar-refractivity contribution in [1.29, 1.82) is 0 Å². The zero-order chi connectivity index (χ0) is 24.2. The van der Waals surface area contributed by atoms with Crippen LogP contribution in [-0.2, 0) is 0 Å². The molecule has 1 heterocycles. The van der Waals surface area contributed by atoms with Gasteiger partial charge in [0.05, 0.1) is 16.4 Å². The van der Waals surface area contributed by atoms with Crippen molar-refractivity contribution in [1.82, 2.24) is 0 Å². The highest BCUT2D eigenvalue weighted by molar-refractivity contribution is 6.33. The molecule has 0 aromatic heterocycles. The Morgan fingerprint density at radius 1 is 0.971 bits per heavy atom. The fourth-order valence-electron chi connectivity index (χ4n) is 4.77. The molecule has 0 spiro atoms. The molecule has 5 rings (SSSR count). The summed E-state index contributed by atoms with van der Waals surface area (Å²) in [6.45, 7) is 1.96. The highest BCUT2D eigenvalue weighted by Crippen LogP contribution is 2.35. The first kappa shape index (κ1) is 23.2. The van der Waals surface area contributed by atoms with E-state index < -0.39 is 0 Å². The van der Waals surface area contributed by atoms with Crippen LogP contribution >= 0.6 is 11.6 Å². The Morgan fingerprint density at radius 3 is 2.46 bits per heavy atom. The SMILES string of the molecule is CC1=NN(c2ccccc2Cl)C(Oc2ccccc2NC(=O)Nc2ccc(C3CCCC3)cc2)C1. The van der Waals surface area contributed by atoms with Gasteiger partial charge in [-0.15, -0.1) is 0 Å². The molecule has 1 fully saturated rings. The summed E-state index contributed by atoms with van der Waals surface area (Å²) >= 11 is 6.41. The van der Waals surface area contributed by atoms with E-state index in [1.807, 2.05) is 67.6 Å². The van der Waals surface area contributed by atoms with Crippen LogP contribution in [0.1, 0.15) is 50.5 Å². The van der Waals surface area contributed by atoms with Gasteiger partial charge in [0.15, 0.2) is 6.23 Å². The predicted molar refractivity (Wildman–Crippen MR) is 143 cm³/mol. The number of hydrazone groups is 1. The number of urea groups is 1. The summed E-state index contributed by atoms with van der Waals surface area (Å²) in [6, 6.07) is 22.8. The highest BCUT2D eigenvalue weighted by Gasteiger charge is 2.29. The predicted octanol–water partition coefficient (Wildman–Crippen LogP) is 7.63. The molecule has 2 amide bonds. The lowest BCUT2D eigenvalue weighted by molar-refractivity contribution is 0.214. The third-order valence-corrected chi connectivity index (χ3v) is 6.83. The molecule has 1 aliphatic heterocycles. The first-order chi connectivity index (χ1) is 17.1. The average Bonchev–Trinajstić information content (AvgIpc) is 3.51. The van der Waals surface area contributed by atoms with Crippen molar-refractivity contribution in [3.8, 4) is 5.75 Å². The van der Waals surface area contributed by atoms with Crippen LogP contribution in [-0.4, -0.2) is 18.0 Å². The van der Waals surface area contributed by atoms with Crippen LogP contribution in [0.15, 0.2) is 77.9 Å². The van der Waals surface area contributed by atoms with Crippen LogP contribution in [0.3, 0.4) is 0 Å². The monoisotopic (exact) mass is 488 g/mol. The van der Waals surface area contributed by atoms with E-state index in [0.717, 1.165) is 17.1 Å². The summed E-state index contributed by atoms with van der Waals surface area (Å²) in [5, 5.41) is 12.9. The van der Waals surface area contributed by atoms with Gasteiger partial charge in [0.25, 0.3) is 0 Å². The molecule has 35 heavy (non-hydrogen) atoms. The highest BCUT2D eigenvalue weighted by atomic mass is 35.5. The molecular weight excluding hydrogens is 460 g/mol. The summed E-state index contributed by atoms with van der Waals surface area (Å²) in [4.78, 5) is 12.8. The number of carbonyl (C=O) groups excluding carboxylic acids is 1. The first-order valence-corrected chi connectivity index (χ1v) is 12.5. The number of nitrogens with zero attached hydrogens (tertiary/aromatic N) is 2. The second kappa shape index (κ2) is 10.4. The van der Waals surface area contributed by atoms with Gasteiger partial charge < -0.3 is 15.4 Å². The number of carbonyl (C=O) groups is 1. The molecule has 0 bridgehead atoms. The number of amides is 2. The molecule has 180 valence electrons.